The van der Waals surface area contributed by atoms with Gasteiger partial charge in [-0.1, -0.05) is 0 Å². The van der Waals surface area contributed by atoms with Crippen molar-refractivity contribution < 1.29 is 4.74 Å². The van der Waals surface area contributed by atoms with Crippen molar-refractivity contribution in [2.45, 2.75) is 45.6 Å². The number of halogens is 1. The quantitative estimate of drug-likeness (QED) is 0.407. The molecule has 136 valence electrons. The van der Waals surface area contributed by atoms with Crippen molar-refractivity contribution in [3.63, 3.8) is 0 Å². The number of hydrogen-bond donors (Lipinski definition) is 1. The van der Waals surface area contributed by atoms with E-state index in [-0.39, 0.29) is 24.0 Å². The predicted octanol–water partition coefficient (Wildman–Crippen LogP) is 2.41. The lowest BCUT2D eigenvalue weighted by Gasteiger charge is -2.34. The van der Waals surface area contributed by atoms with Gasteiger partial charge in [0.1, 0.15) is 0 Å². The fraction of sp³-hybridized carbons (Fsp3) is 0.941. The average Bonchev–Trinajstić information content (AvgIpc) is 2.53. The van der Waals surface area contributed by atoms with Crippen LogP contribution in [0.25, 0.3) is 0 Å². The van der Waals surface area contributed by atoms with E-state index in [0.717, 1.165) is 51.6 Å². The lowest BCUT2D eigenvalue weighted by atomic mass is 9.99. The Balaban J connectivity index is 0.00000264. The van der Waals surface area contributed by atoms with Crippen molar-refractivity contribution in [1.82, 2.24) is 15.1 Å². The maximum Gasteiger partial charge on any atom is 0.193 e. The Hall–Kier alpha value is -0.0800. The number of likely N-dealkylation sites (tertiary alicyclic amines) is 2. The Morgan fingerprint density at radius 1 is 1.17 bits per heavy atom. The molecule has 2 aliphatic heterocycles. The van der Waals surface area contributed by atoms with Crippen molar-refractivity contribution in [2.24, 2.45) is 10.9 Å². The summed E-state index contributed by atoms with van der Waals surface area (Å²) in [7, 11) is 2.22. The van der Waals surface area contributed by atoms with Gasteiger partial charge in [-0.2, -0.15) is 0 Å². The number of aliphatic imine (C=N–C) groups is 1. The van der Waals surface area contributed by atoms with Gasteiger partial charge in [-0.05, 0) is 59.0 Å². The lowest BCUT2D eigenvalue weighted by molar-refractivity contribution is 0.0263. The summed E-state index contributed by atoms with van der Waals surface area (Å²) in [5.41, 5.74) is 0. The van der Waals surface area contributed by atoms with Gasteiger partial charge >= 0.3 is 0 Å². The van der Waals surface area contributed by atoms with E-state index < -0.39 is 0 Å². The van der Waals surface area contributed by atoms with E-state index in [1.165, 1.54) is 25.9 Å². The molecule has 0 aromatic carbocycles. The predicted molar refractivity (Wildman–Crippen MR) is 108 cm³/mol. The molecular weight excluding hydrogens is 403 g/mol. The summed E-state index contributed by atoms with van der Waals surface area (Å²) in [5.74, 6) is 1.82. The normalized spacial score (nSPS) is 24.4. The van der Waals surface area contributed by atoms with Gasteiger partial charge in [0.25, 0.3) is 0 Å². The number of ether oxygens (including phenoxy) is 1. The highest BCUT2D eigenvalue weighted by atomic mass is 127. The van der Waals surface area contributed by atoms with E-state index in [1.54, 1.807) is 0 Å². The topological polar surface area (TPSA) is 40.1 Å². The van der Waals surface area contributed by atoms with Gasteiger partial charge in [-0.25, -0.2) is 0 Å². The standard InChI is InChI=1S/C17H34N4O.HI/c1-4-18-17(19-13-15-7-6-10-20(3)14-15)21-11-8-16(9-12-21)22-5-2;/h15-16H,4-14H2,1-3H3,(H,18,19);1H. The Morgan fingerprint density at radius 3 is 2.52 bits per heavy atom. The molecule has 1 atom stereocenters. The van der Waals surface area contributed by atoms with Crippen LogP contribution in [0.2, 0.25) is 0 Å². The minimum absolute atomic E-state index is 0. The molecule has 2 fully saturated rings. The fourth-order valence-corrected chi connectivity index (χ4v) is 3.53. The monoisotopic (exact) mass is 438 g/mol. The number of piperidine rings is 2. The minimum atomic E-state index is 0. The summed E-state index contributed by atoms with van der Waals surface area (Å²) in [5, 5.41) is 3.47. The number of rotatable bonds is 5. The molecule has 0 bridgehead atoms. The summed E-state index contributed by atoms with van der Waals surface area (Å²) in [6.07, 6.45) is 5.30. The van der Waals surface area contributed by atoms with E-state index in [1.807, 2.05) is 0 Å². The van der Waals surface area contributed by atoms with E-state index >= 15 is 0 Å². The second kappa shape index (κ2) is 11.5. The molecule has 5 nitrogen and oxygen atoms in total. The van der Waals surface area contributed by atoms with Crippen LogP contribution in [0.1, 0.15) is 39.5 Å². The van der Waals surface area contributed by atoms with E-state index in [4.69, 9.17) is 9.73 Å². The van der Waals surface area contributed by atoms with Gasteiger partial charge in [-0.15, -0.1) is 24.0 Å². The first-order valence-electron chi connectivity index (χ1n) is 9.06. The van der Waals surface area contributed by atoms with Crippen molar-refractivity contribution >= 4 is 29.9 Å². The Kier molecular flexibility index (Phi) is 10.5. The summed E-state index contributed by atoms with van der Waals surface area (Å²) in [6.45, 7) is 11.5. The van der Waals surface area contributed by atoms with E-state index in [0.29, 0.717) is 12.0 Å². The van der Waals surface area contributed by atoms with Crippen LogP contribution in [0.3, 0.4) is 0 Å². The van der Waals surface area contributed by atoms with Crippen LogP contribution in [0, 0.1) is 5.92 Å². The molecule has 2 heterocycles. The fourth-order valence-electron chi connectivity index (χ4n) is 3.53. The van der Waals surface area contributed by atoms with Crippen molar-refractivity contribution in [2.75, 3.05) is 52.9 Å². The molecule has 2 rings (SSSR count). The molecule has 0 aromatic rings. The van der Waals surface area contributed by atoms with Crippen LogP contribution in [0.15, 0.2) is 4.99 Å². The molecular formula is C17H35IN4O. The average molecular weight is 438 g/mol. The SMILES string of the molecule is CCNC(=NCC1CCCN(C)C1)N1CCC(OCC)CC1.I. The van der Waals surface area contributed by atoms with Crippen LogP contribution >= 0.6 is 24.0 Å². The van der Waals surface area contributed by atoms with Gasteiger partial charge in [0.2, 0.25) is 0 Å². The number of hydrogen-bond acceptors (Lipinski definition) is 3. The molecule has 0 spiro atoms. The number of nitrogens with zero attached hydrogens (tertiary/aromatic N) is 3. The van der Waals surface area contributed by atoms with Crippen LogP contribution in [0.4, 0.5) is 0 Å². The van der Waals surface area contributed by atoms with Gasteiger partial charge in [0.05, 0.1) is 6.10 Å². The molecule has 6 heteroatoms. The first-order chi connectivity index (χ1) is 10.7. The zero-order valence-corrected chi connectivity index (χ0v) is 17.4. The molecule has 23 heavy (non-hydrogen) atoms. The van der Waals surface area contributed by atoms with Crippen molar-refractivity contribution in [3.05, 3.63) is 0 Å². The highest BCUT2D eigenvalue weighted by Gasteiger charge is 2.22. The first-order valence-corrected chi connectivity index (χ1v) is 9.06. The number of nitrogens with one attached hydrogen (secondary N) is 1. The van der Waals surface area contributed by atoms with Gasteiger partial charge < -0.3 is 19.9 Å². The molecule has 0 saturated carbocycles. The Labute approximate surface area is 159 Å². The van der Waals surface area contributed by atoms with Crippen LogP contribution in [0.5, 0.6) is 0 Å². The zero-order valence-electron chi connectivity index (χ0n) is 15.1. The third-order valence-electron chi connectivity index (χ3n) is 4.70. The molecule has 2 aliphatic rings. The summed E-state index contributed by atoms with van der Waals surface area (Å²) < 4.78 is 5.75. The second-order valence-electron chi connectivity index (χ2n) is 6.61. The Morgan fingerprint density at radius 2 is 1.91 bits per heavy atom. The maximum atomic E-state index is 5.75. The molecule has 0 aliphatic carbocycles. The summed E-state index contributed by atoms with van der Waals surface area (Å²) in [4.78, 5) is 9.77. The van der Waals surface area contributed by atoms with Gasteiger partial charge in [0.15, 0.2) is 5.96 Å². The Bertz CT molecular complexity index is 345. The first kappa shape index (κ1) is 21.0. The summed E-state index contributed by atoms with van der Waals surface area (Å²) >= 11 is 0. The summed E-state index contributed by atoms with van der Waals surface area (Å²) in [6, 6.07) is 0. The highest BCUT2D eigenvalue weighted by Crippen LogP contribution is 2.17. The van der Waals surface area contributed by atoms with Crippen molar-refractivity contribution in [1.29, 1.82) is 0 Å². The second-order valence-corrected chi connectivity index (χ2v) is 6.61. The van der Waals surface area contributed by atoms with E-state index in [2.05, 4.69) is 36.0 Å². The van der Waals surface area contributed by atoms with E-state index in [9.17, 15) is 0 Å². The van der Waals surface area contributed by atoms with Crippen LogP contribution in [-0.4, -0.2) is 74.8 Å². The largest absolute Gasteiger partial charge is 0.378 e. The molecule has 0 aromatic heterocycles. The minimum Gasteiger partial charge on any atom is -0.378 e. The van der Waals surface area contributed by atoms with Crippen LogP contribution < -0.4 is 5.32 Å². The molecule has 0 radical (unpaired) electrons. The molecule has 1 N–H and O–H groups in total. The molecule has 0 amide bonds. The zero-order chi connectivity index (χ0) is 15.8. The van der Waals surface area contributed by atoms with Crippen LogP contribution in [-0.2, 0) is 4.74 Å². The van der Waals surface area contributed by atoms with Gasteiger partial charge in [0, 0.05) is 39.3 Å². The lowest BCUT2D eigenvalue weighted by Crippen LogP contribution is -2.47. The molecule has 2 saturated heterocycles. The molecule has 1 unspecified atom stereocenters. The van der Waals surface area contributed by atoms with Crippen molar-refractivity contribution in [3.8, 4) is 0 Å². The van der Waals surface area contributed by atoms with Gasteiger partial charge in [-0.3, -0.25) is 4.99 Å². The third-order valence-corrected chi connectivity index (χ3v) is 4.70. The maximum absolute atomic E-state index is 5.75. The highest BCUT2D eigenvalue weighted by molar-refractivity contribution is 14.0. The smallest absolute Gasteiger partial charge is 0.193 e. The number of guanidine groups is 1. The third kappa shape index (κ3) is 7.13.